The number of nitrogens with zero attached hydrogens (tertiary/aromatic N) is 1. The van der Waals surface area contributed by atoms with Crippen molar-refractivity contribution in [3.8, 4) is 0 Å². The van der Waals surface area contributed by atoms with Crippen LogP contribution in [0.25, 0.3) is 10.9 Å². The molecule has 5 heteroatoms. The zero-order valence-corrected chi connectivity index (χ0v) is 10.9. The summed E-state index contributed by atoms with van der Waals surface area (Å²) in [5.74, 6) is -0.542. The van der Waals surface area contributed by atoms with Gasteiger partial charge in [0.15, 0.2) is 0 Å². The fraction of sp³-hybridized carbons (Fsp3) is 0.267. The van der Waals surface area contributed by atoms with Crippen molar-refractivity contribution >= 4 is 28.4 Å². The first kappa shape index (κ1) is 12.6. The van der Waals surface area contributed by atoms with Crippen molar-refractivity contribution in [2.45, 2.75) is 25.3 Å². The predicted octanol–water partition coefficient (Wildman–Crippen LogP) is 1.84. The number of fused-ring (bicyclic) bond motifs is 1. The van der Waals surface area contributed by atoms with E-state index in [1.165, 1.54) is 0 Å². The van der Waals surface area contributed by atoms with E-state index >= 15 is 0 Å². The Morgan fingerprint density at radius 1 is 1.15 bits per heavy atom. The van der Waals surface area contributed by atoms with Crippen molar-refractivity contribution in [3.05, 3.63) is 36.5 Å². The van der Waals surface area contributed by atoms with Crippen LogP contribution in [0.3, 0.4) is 0 Å². The summed E-state index contributed by atoms with van der Waals surface area (Å²) in [6.07, 6.45) is 3.55. The molecular formula is C15H15N3O2. The van der Waals surface area contributed by atoms with E-state index in [4.69, 9.17) is 0 Å². The maximum absolute atomic E-state index is 11.9. The molecule has 0 bridgehead atoms. The maximum Gasteiger partial charge on any atom is 0.233 e. The molecule has 2 aromatic rings. The Morgan fingerprint density at radius 3 is 2.75 bits per heavy atom. The van der Waals surface area contributed by atoms with Crippen LogP contribution in [-0.4, -0.2) is 22.8 Å². The fourth-order valence-electron chi connectivity index (χ4n) is 2.05. The summed E-state index contributed by atoms with van der Waals surface area (Å²) in [6.45, 7) is 0. The van der Waals surface area contributed by atoms with Crippen LogP contribution in [0.1, 0.15) is 19.3 Å². The number of pyridine rings is 1. The molecule has 0 spiro atoms. The smallest absolute Gasteiger partial charge is 0.233 e. The number of aromatic nitrogens is 1. The van der Waals surface area contributed by atoms with E-state index < -0.39 is 0 Å². The van der Waals surface area contributed by atoms with Gasteiger partial charge in [0, 0.05) is 17.6 Å². The minimum Gasteiger partial charge on any atom is -0.353 e. The summed E-state index contributed by atoms with van der Waals surface area (Å²) in [4.78, 5) is 27.7. The lowest BCUT2D eigenvalue weighted by Gasteiger charge is -2.08. The second-order valence-corrected chi connectivity index (χ2v) is 4.95. The summed E-state index contributed by atoms with van der Waals surface area (Å²) in [5.41, 5.74) is 1.36. The first-order valence-corrected chi connectivity index (χ1v) is 6.65. The SMILES string of the molecule is O=C(CC(=O)NC1CC1)Nc1cccc2cccnc12. The van der Waals surface area contributed by atoms with Gasteiger partial charge in [0.2, 0.25) is 11.8 Å². The minimum absolute atomic E-state index is 0.153. The van der Waals surface area contributed by atoms with E-state index in [9.17, 15) is 9.59 Å². The van der Waals surface area contributed by atoms with Crippen LogP contribution in [0.5, 0.6) is 0 Å². The molecule has 1 aliphatic rings. The molecule has 5 nitrogen and oxygen atoms in total. The van der Waals surface area contributed by atoms with E-state index in [0.29, 0.717) is 5.69 Å². The number of nitrogens with one attached hydrogen (secondary N) is 2. The summed E-state index contributed by atoms with van der Waals surface area (Å²) in [7, 11) is 0. The number of carbonyl (C=O) groups excluding carboxylic acids is 2. The average Bonchev–Trinajstić information content (AvgIpc) is 3.22. The molecule has 102 valence electrons. The third-order valence-corrected chi connectivity index (χ3v) is 3.17. The molecule has 2 N–H and O–H groups in total. The molecule has 3 rings (SSSR count). The first-order chi connectivity index (χ1) is 9.72. The fourth-order valence-corrected chi connectivity index (χ4v) is 2.05. The molecule has 20 heavy (non-hydrogen) atoms. The molecule has 1 heterocycles. The summed E-state index contributed by atoms with van der Waals surface area (Å²) >= 11 is 0. The van der Waals surface area contributed by atoms with Gasteiger partial charge in [-0.05, 0) is 25.0 Å². The van der Waals surface area contributed by atoms with Crippen LogP contribution in [0.4, 0.5) is 5.69 Å². The number of hydrogen-bond acceptors (Lipinski definition) is 3. The monoisotopic (exact) mass is 269 g/mol. The zero-order chi connectivity index (χ0) is 13.9. The number of hydrogen-bond donors (Lipinski definition) is 2. The van der Waals surface area contributed by atoms with Crippen molar-refractivity contribution < 1.29 is 9.59 Å². The number of para-hydroxylation sites is 1. The largest absolute Gasteiger partial charge is 0.353 e. The highest BCUT2D eigenvalue weighted by Gasteiger charge is 2.24. The Bertz CT molecular complexity index is 660. The third-order valence-electron chi connectivity index (χ3n) is 3.17. The molecule has 0 aliphatic heterocycles. The van der Waals surface area contributed by atoms with E-state index in [1.54, 1.807) is 12.3 Å². The molecule has 1 fully saturated rings. The summed E-state index contributed by atoms with van der Waals surface area (Å²) in [5, 5.41) is 6.49. The summed E-state index contributed by atoms with van der Waals surface area (Å²) in [6, 6.07) is 9.61. The standard InChI is InChI=1S/C15H15N3O2/c19-13(17-11-6-7-11)9-14(20)18-12-5-1-3-10-4-2-8-16-15(10)12/h1-5,8,11H,6-7,9H2,(H,17,19)(H,18,20). The Hall–Kier alpha value is -2.43. The van der Waals surface area contributed by atoms with Crippen LogP contribution < -0.4 is 10.6 Å². The quantitative estimate of drug-likeness (QED) is 0.832. The van der Waals surface area contributed by atoms with Crippen molar-refractivity contribution in [1.29, 1.82) is 0 Å². The molecule has 1 aromatic heterocycles. The van der Waals surface area contributed by atoms with Gasteiger partial charge in [0.1, 0.15) is 6.42 Å². The van der Waals surface area contributed by atoms with Gasteiger partial charge in [0.05, 0.1) is 11.2 Å². The Labute approximate surface area is 116 Å². The highest BCUT2D eigenvalue weighted by atomic mass is 16.2. The topological polar surface area (TPSA) is 71.1 Å². The molecular weight excluding hydrogens is 254 g/mol. The molecule has 0 saturated heterocycles. The predicted molar refractivity (Wildman–Crippen MR) is 76.2 cm³/mol. The first-order valence-electron chi connectivity index (χ1n) is 6.65. The van der Waals surface area contributed by atoms with E-state index in [-0.39, 0.29) is 24.3 Å². The second kappa shape index (κ2) is 5.28. The van der Waals surface area contributed by atoms with Gasteiger partial charge in [-0.25, -0.2) is 0 Å². The highest BCUT2D eigenvalue weighted by Crippen LogP contribution is 2.21. The van der Waals surface area contributed by atoms with Gasteiger partial charge >= 0.3 is 0 Å². The maximum atomic E-state index is 11.9. The zero-order valence-electron chi connectivity index (χ0n) is 10.9. The molecule has 2 amide bonds. The Morgan fingerprint density at radius 2 is 1.95 bits per heavy atom. The van der Waals surface area contributed by atoms with Gasteiger partial charge in [-0.15, -0.1) is 0 Å². The van der Waals surface area contributed by atoms with Crippen molar-refractivity contribution in [1.82, 2.24) is 10.3 Å². The molecule has 0 radical (unpaired) electrons. The highest BCUT2D eigenvalue weighted by molar-refractivity contribution is 6.07. The Balaban J connectivity index is 1.69. The lowest BCUT2D eigenvalue weighted by molar-refractivity contribution is -0.126. The average molecular weight is 269 g/mol. The number of rotatable bonds is 4. The van der Waals surface area contributed by atoms with Crippen LogP contribution >= 0.6 is 0 Å². The molecule has 1 aromatic carbocycles. The van der Waals surface area contributed by atoms with Gasteiger partial charge in [-0.2, -0.15) is 0 Å². The molecule has 1 aliphatic carbocycles. The van der Waals surface area contributed by atoms with E-state index in [0.717, 1.165) is 23.7 Å². The van der Waals surface area contributed by atoms with Crippen molar-refractivity contribution in [2.75, 3.05) is 5.32 Å². The van der Waals surface area contributed by atoms with Crippen LogP contribution in [-0.2, 0) is 9.59 Å². The van der Waals surface area contributed by atoms with Gasteiger partial charge in [-0.3, -0.25) is 14.6 Å². The molecule has 1 saturated carbocycles. The lowest BCUT2D eigenvalue weighted by atomic mass is 10.2. The number of anilines is 1. The normalized spacial score (nSPS) is 14.0. The van der Waals surface area contributed by atoms with Gasteiger partial charge in [-0.1, -0.05) is 18.2 Å². The van der Waals surface area contributed by atoms with Gasteiger partial charge < -0.3 is 10.6 Å². The van der Waals surface area contributed by atoms with Crippen LogP contribution in [0.15, 0.2) is 36.5 Å². The minimum atomic E-state index is -0.318. The molecule has 0 unspecified atom stereocenters. The van der Waals surface area contributed by atoms with E-state index in [1.807, 2.05) is 24.3 Å². The number of benzene rings is 1. The summed E-state index contributed by atoms with van der Waals surface area (Å²) < 4.78 is 0. The van der Waals surface area contributed by atoms with E-state index in [2.05, 4.69) is 15.6 Å². The van der Waals surface area contributed by atoms with Crippen LogP contribution in [0, 0.1) is 0 Å². The van der Waals surface area contributed by atoms with Gasteiger partial charge in [0.25, 0.3) is 0 Å². The van der Waals surface area contributed by atoms with Crippen molar-refractivity contribution in [2.24, 2.45) is 0 Å². The van der Waals surface area contributed by atoms with Crippen LogP contribution in [0.2, 0.25) is 0 Å². The lowest BCUT2D eigenvalue weighted by Crippen LogP contribution is -2.29. The van der Waals surface area contributed by atoms with Crippen molar-refractivity contribution in [3.63, 3.8) is 0 Å². The second-order valence-electron chi connectivity index (χ2n) is 4.95. The third kappa shape index (κ3) is 2.93. The Kier molecular flexibility index (Phi) is 3.33. The number of amides is 2. The number of carbonyl (C=O) groups is 2. The molecule has 0 atom stereocenters.